The Morgan fingerprint density at radius 1 is 1.25 bits per heavy atom. The lowest BCUT2D eigenvalue weighted by Crippen LogP contribution is -2.42. The number of carbonyl (C=O) groups excluding carboxylic acids is 1. The summed E-state index contributed by atoms with van der Waals surface area (Å²) in [5.41, 5.74) is 0.808. The average molecular weight is 466 g/mol. The number of amides is 1. The number of likely N-dealkylation sites (tertiary alicyclic amines) is 1. The number of rotatable bonds is 6. The molecule has 1 aliphatic rings. The van der Waals surface area contributed by atoms with Gasteiger partial charge in [0.1, 0.15) is 23.5 Å². The van der Waals surface area contributed by atoms with E-state index in [1.54, 1.807) is 17.2 Å². The topological polar surface area (TPSA) is 97.8 Å². The highest BCUT2D eigenvalue weighted by Gasteiger charge is 2.26. The highest BCUT2D eigenvalue weighted by atomic mass is 32.2. The molecule has 1 fully saturated rings. The van der Waals surface area contributed by atoms with Crippen LogP contribution in [0.5, 0.6) is 5.75 Å². The van der Waals surface area contributed by atoms with Crippen LogP contribution in [0.4, 0.5) is 20.7 Å². The molecule has 10 heteroatoms. The molecule has 8 nitrogen and oxygen atoms in total. The molecule has 0 atom stereocenters. The molecule has 0 aliphatic carbocycles. The Hall–Kier alpha value is -2.88. The standard InChI is InChI=1S/C22H28FN3O5S/c1-14(2)30-22(27)26-11-8-16(9-12-26)31-20-7-10-24-21(15(20)3)25-19-6-5-17(13-18(19)23)32(4,28)29/h5-7,10,13-14,16H,8-9,11-12H2,1-4H3,(H,24,25). The number of benzene rings is 1. The molecular formula is C22H28FN3O5S. The zero-order chi connectivity index (χ0) is 23.5. The number of pyridine rings is 1. The molecule has 1 N–H and O–H groups in total. The summed E-state index contributed by atoms with van der Waals surface area (Å²) >= 11 is 0. The first-order chi connectivity index (χ1) is 15.0. The zero-order valence-electron chi connectivity index (χ0n) is 18.6. The lowest BCUT2D eigenvalue weighted by molar-refractivity contribution is 0.0515. The van der Waals surface area contributed by atoms with Crippen LogP contribution in [0.25, 0.3) is 0 Å². The van der Waals surface area contributed by atoms with Gasteiger partial charge in [-0.3, -0.25) is 0 Å². The number of piperidine rings is 1. The second-order valence-corrected chi connectivity index (χ2v) is 10.1. The van der Waals surface area contributed by atoms with E-state index in [0.29, 0.717) is 43.1 Å². The maximum atomic E-state index is 14.4. The van der Waals surface area contributed by atoms with E-state index in [-0.39, 0.29) is 28.9 Å². The first-order valence-corrected chi connectivity index (χ1v) is 12.3. The van der Waals surface area contributed by atoms with E-state index in [4.69, 9.17) is 9.47 Å². The summed E-state index contributed by atoms with van der Waals surface area (Å²) in [6.45, 7) is 6.53. The van der Waals surface area contributed by atoms with Gasteiger partial charge < -0.3 is 19.7 Å². The van der Waals surface area contributed by atoms with Crippen LogP contribution in [0.3, 0.4) is 0 Å². The van der Waals surface area contributed by atoms with Gasteiger partial charge in [0, 0.05) is 43.9 Å². The molecule has 1 aliphatic heterocycles. The second kappa shape index (κ2) is 9.72. The minimum atomic E-state index is -3.50. The van der Waals surface area contributed by atoms with Crippen LogP contribution in [-0.4, -0.2) is 55.9 Å². The van der Waals surface area contributed by atoms with E-state index in [2.05, 4.69) is 10.3 Å². The average Bonchev–Trinajstić information content (AvgIpc) is 2.71. The number of nitrogens with zero attached hydrogens (tertiary/aromatic N) is 2. The van der Waals surface area contributed by atoms with Crippen LogP contribution in [0.15, 0.2) is 35.4 Å². The summed E-state index contributed by atoms with van der Waals surface area (Å²) in [6.07, 6.45) is 3.38. The number of nitrogens with one attached hydrogen (secondary N) is 1. The fraction of sp³-hybridized carbons (Fsp3) is 0.455. The normalized spacial score (nSPS) is 15.0. The summed E-state index contributed by atoms with van der Waals surface area (Å²) in [4.78, 5) is 17.9. The van der Waals surface area contributed by atoms with Crippen molar-refractivity contribution in [3.63, 3.8) is 0 Å². The van der Waals surface area contributed by atoms with Gasteiger partial charge in [-0.05, 0) is 45.0 Å². The van der Waals surface area contributed by atoms with Gasteiger partial charge in [-0.25, -0.2) is 22.6 Å². The maximum Gasteiger partial charge on any atom is 0.410 e. The number of aromatic nitrogens is 1. The molecule has 1 aromatic carbocycles. The van der Waals surface area contributed by atoms with E-state index in [1.807, 2.05) is 20.8 Å². The summed E-state index contributed by atoms with van der Waals surface area (Å²) in [5.74, 6) is 0.325. The zero-order valence-corrected chi connectivity index (χ0v) is 19.4. The molecule has 0 radical (unpaired) electrons. The van der Waals surface area contributed by atoms with Crippen molar-refractivity contribution >= 4 is 27.4 Å². The van der Waals surface area contributed by atoms with Gasteiger partial charge in [0.25, 0.3) is 0 Å². The van der Waals surface area contributed by atoms with Crippen LogP contribution >= 0.6 is 0 Å². The van der Waals surface area contributed by atoms with Crippen molar-refractivity contribution < 1.29 is 27.1 Å². The first kappa shape index (κ1) is 23.8. The Kier molecular flexibility index (Phi) is 7.22. The molecule has 0 unspecified atom stereocenters. The SMILES string of the molecule is Cc1c(OC2CCN(C(=O)OC(C)C)CC2)ccnc1Nc1ccc(S(C)(=O)=O)cc1F. The molecule has 1 aromatic heterocycles. The van der Waals surface area contributed by atoms with Crippen molar-refractivity contribution in [1.29, 1.82) is 0 Å². The summed E-state index contributed by atoms with van der Waals surface area (Å²) in [5, 5.41) is 2.91. The quantitative estimate of drug-likeness (QED) is 0.687. The van der Waals surface area contributed by atoms with E-state index >= 15 is 0 Å². The fourth-order valence-corrected chi connectivity index (χ4v) is 3.97. The van der Waals surface area contributed by atoms with Gasteiger partial charge in [0.2, 0.25) is 0 Å². The van der Waals surface area contributed by atoms with E-state index in [9.17, 15) is 17.6 Å². The van der Waals surface area contributed by atoms with Crippen LogP contribution in [0, 0.1) is 12.7 Å². The fourth-order valence-electron chi connectivity index (χ4n) is 3.34. The molecule has 174 valence electrons. The van der Waals surface area contributed by atoms with Gasteiger partial charge >= 0.3 is 6.09 Å². The third-order valence-corrected chi connectivity index (χ3v) is 6.22. The molecule has 1 amide bonds. The van der Waals surface area contributed by atoms with Crippen molar-refractivity contribution in [3.05, 3.63) is 41.8 Å². The summed E-state index contributed by atoms with van der Waals surface area (Å²) in [7, 11) is -3.50. The van der Waals surface area contributed by atoms with Gasteiger partial charge in [0.15, 0.2) is 9.84 Å². The largest absolute Gasteiger partial charge is 0.490 e. The minimum Gasteiger partial charge on any atom is -0.490 e. The Bertz CT molecular complexity index is 1080. The molecule has 1 saturated heterocycles. The predicted octanol–water partition coefficient (Wildman–Crippen LogP) is 4.06. The molecule has 0 spiro atoms. The third kappa shape index (κ3) is 5.87. The number of halogens is 1. The summed E-state index contributed by atoms with van der Waals surface area (Å²) < 4.78 is 49.0. The molecular weight excluding hydrogens is 437 g/mol. The van der Waals surface area contributed by atoms with Gasteiger partial charge in [-0.1, -0.05) is 0 Å². The molecule has 2 aromatic rings. The Labute approximate surface area is 187 Å². The Balaban J connectivity index is 1.66. The molecule has 3 rings (SSSR count). The van der Waals surface area contributed by atoms with Crippen molar-refractivity contribution in [2.45, 2.75) is 50.7 Å². The van der Waals surface area contributed by atoms with Crippen LogP contribution in [0.2, 0.25) is 0 Å². The highest BCUT2D eigenvalue weighted by molar-refractivity contribution is 7.90. The van der Waals surface area contributed by atoms with Crippen LogP contribution in [0.1, 0.15) is 32.3 Å². The smallest absolute Gasteiger partial charge is 0.410 e. The second-order valence-electron chi connectivity index (χ2n) is 8.06. The van der Waals surface area contributed by atoms with Crippen LogP contribution in [-0.2, 0) is 14.6 Å². The van der Waals surface area contributed by atoms with E-state index in [0.717, 1.165) is 12.3 Å². The molecule has 2 heterocycles. The van der Waals surface area contributed by atoms with Crippen LogP contribution < -0.4 is 10.1 Å². The monoisotopic (exact) mass is 465 g/mol. The third-order valence-electron chi connectivity index (χ3n) is 5.11. The van der Waals surface area contributed by atoms with Gasteiger partial charge in [-0.15, -0.1) is 0 Å². The number of hydrogen-bond acceptors (Lipinski definition) is 7. The minimum absolute atomic E-state index is 0.0715. The van der Waals surface area contributed by atoms with Gasteiger partial charge in [0.05, 0.1) is 16.7 Å². The van der Waals surface area contributed by atoms with Crippen molar-refractivity contribution in [3.8, 4) is 5.75 Å². The number of ether oxygens (including phenoxy) is 2. The van der Waals surface area contributed by atoms with Crippen molar-refractivity contribution in [2.24, 2.45) is 0 Å². The Morgan fingerprint density at radius 2 is 1.94 bits per heavy atom. The number of anilines is 2. The number of hydrogen-bond donors (Lipinski definition) is 1. The predicted molar refractivity (Wildman–Crippen MR) is 119 cm³/mol. The summed E-state index contributed by atoms with van der Waals surface area (Å²) in [6, 6.07) is 5.43. The molecule has 0 bridgehead atoms. The lowest BCUT2D eigenvalue weighted by Gasteiger charge is -2.32. The first-order valence-electron chi connectivity index (χ1n) is 10.4. The van der Waals surface area contributed by atoms with E-state index < -0.39 is 15.7 Å². The van der Waals surface area contributed by atoms with Gasteiger partial charge in [-0.2, -0.15) is 0 Å². The van der Waals surface area contributed by atoms with Crippen molar-refractivity contribution in [1.82, 2.24) is 9.88 Å². The van der Waals surface area contributed by atoms with E-state index in [1.165, 1.54) is 12.1 Å². The molecule has 0 saturated carbocycles. The molecule has 32 heavy (non-hydrogen) atoms. The Morgan fingerprint density at radius 3 is 2.53 bits per heavy atom. The maximum absolute atomic E-state index is 14.4. The number of sulfone groups is 1. The van der Waals surface area contributed by atoms with Crippen molar-refractivity contribution in [2.75, 3.05) is 24.7 Å². The highest BCUT2D eigenvalue weighted by Crippen LogP contribution is 2.30. The lowest BCUT2D eigenvalue weighted by atomic mass is 10.1. The number of carbonyl (C=O) groups is 1.